The Bertz CT molecular complexity index is 593. The van der Waals surface area contributed by atoms with Gasteiger partial charge in [-0.05, 0) is 33.4 Å². The van der Waals surface area contributed by atoms with Crippen molar-refractivity contribution in [2.75, 3.05) is 0 Å². The molecule has 0 spiro atoms. The van der Waals surface area contributed by atoms with Gasteiger partial charge in [0.1, 0.15) is 0 Å². The summed E-state index contributed by atoms with van der Waals surface area (Å²) in [4.78, 5) is 10.7. The lowest BCUT2D eigenvalue weighted by molar-refractivity contribution is -0.383. The molecule has 0 radical (unpaired) electrons. The molecule has 0 saturated carbocycles. The molecule has 0 aromatic heterocycles. The minimum absolute atomic E-state index is 0.0972. The average molecular weight is 278 g/mol. The van der Waals surface area contributed by atoms with Gasteiger partial charge in [0.25, 0.3) is 5.69 Å². The zero-order valence-electron chi connectivity index (χ0n) is 8.31. The fourth-order valence-corrected chi connectivity index (χ4v) is 2.30. The highest BCUT2D eigenvalue weighted by molar-refractivity contribution is 9.10. The van der Waals surface area contributed by atoms with Crippen molar-refractivity contribution in [2.45, 2.75) is 0 Å². The Kier molecular flexibility index (Phi) is 2.75. The van der Waals surface area contributed by atoms with E-state index in [9.17, 15) is 10.1 Å². The predicted molar refractivity (Wildman–Crippen MR) is 68.4 cm³/mol. The van der Waals surface area contributed by atoms with Crippen molar-refractivity contribution in [3.8, 4) is 0 Å². The molecule has 0 atom stereocenters. The minimum atomic E-state index is -0.371. The van der Waals surface area contributed by atoms with E-state index in [2.05, 4.69) is 22.5 Å². The summed E-state index contributed by atoms with van der Waals surface area (Å²) in [5.41, 5.74) is 0.615. The molecule has 2 rings (SSSR count). The van der Waals surface area contributed by atoms with Crippen molar-refractivity contribution < 1.29 is 4.92 Å². The van der Waals surface area contributed by atoms with Crippen molar-refractivity contribution in [1.29, 1.82) is 0 Å². The largest absolute Gasteiger partial charge is 0.285 e. The van der Waals surface area contributed by atoms with Crippen molar-refractivity contribution >= 4 is 38.5 Å². The van der Waals surface area contributed by atoms with Gasteiger partial charge in [-0.2, -0.15) is 0 Å². The highest BCUT2D eigenvalue weighted by Gasteiger charge is 2.18. The Morgan fingerprint density at radius 3 is 2.69 bits per heavy atom. The first-order chi connectivity index (χ1) is 7.65. The standard InChI is InChI=1S/C12H8BrNO2/c1-2-9-11(13)7-8-5-3-4-6-10(8)12(9)14(15)16/h2-7H,1H2. The Morgan fingerprint density at radius 2 is 2.06 bits per heavy atom. The number of benzene rings is 2. The Balaban J connectivity index is 2.98. The maximum Gasteiger partial charge on any atom is 0.285 e. The maximum atomic E-state index is 11.1. The first kappa shape index (κ1) is 10.8. The summed E-state index contributed by atoms with van der Waals surface area (Å²) in [6, 6.07) is 9.09. The van der Waals surface area contributed by atoms with E-state index in [0.717, 1.165) is 5.39 Å². The smallest absolute Gasteiger partial charge is 0.258 e. The molecule has 0 aliphatic carbocycles. The summed E-state index contributed by atoms with van der Waals surface area (Å²) < 4.78 is 0.688. The second-order valence-corrected chi connectivity index (χ2v) is 4.16. The molecule has 2 aromatic carbocycles. The van der Waals surface area contributed by atoms with Crippen molar-refractivity contribution in [3.63, 3.8) is 0 Å². The van der Waals surface area contributed by atoms with E-state index in [-0.39, 0.29) is 10.6 Å². The Morgan fingerprint density at radius 1 is 1.38 bits per heavy atom. The molecule has 0 unspecified atom stereocenters. The van der Waals surface area contributed by atoms with E-state index >= 15 is 0 Å². The first-order valence-corrected chi connectivity index (χ1v) is 5.42. The van der Waals surface area contributed by atoms with E-state index in [1.165, 1.54) is 6.08 Å². The molecule has 0 saturated heterocycles. The number of hydrogen-bond acceptors (Lipinski definition) is 2. The molecule has 80 valence electrons. The number of nitro benzene ring substituents is 1. The van der Waals surface area contributed by atoms with E-state index in [4.69, 9.17) is 0 Å². The summed E-state index contributed by atoms with van der Waals surface area (Å²) in [6.07, 6.45) is 1.49. The fraction of sp³-hybridized carbons (Fsp3) is 0. The number of nitrogens with zero attached hydrogens (tertiary/aromatic N) is 1. The molecular weight excluding hydrogens is 270 g/mol. The number of hydrogen-bond donors (Lipinski definition) is 0. The molecule has 16 heavy (non-hydrogen) atoms. The summed E-state index contributed by atoms with van der Waals surface area (Å²) in [5.74, 6) is 0. The number of nitro groups is 1. The van der Waals surface area contributed by atoms with Crippen LogP contribution in [0.4, 0.5) is 5.69 Å². The molecule has 0 fully saturated rings. The van der Waals surface area contributed by atoms with Gasteiger partial charge in [-0.1, -0.05) is 30.9 Å². The van der Waals surface area contributed by atoms with Crippen LogP contribution >= 0.6 is 15.9 Å². The minimum Gasteiger partial charge on any atom is -0.258 e. The maximum absolute atomic E-state index is 11.1. The van der Waals surface area contributed by atoms with Gasteiger partial charge in [-0.3, -0.25) is 10.1 Å². The Labute approximate surface area is 101 Å². The molecule has 0 N–H and O–H groups in total. The summed E-state index contributed by atoms with van der Waals surface area (Å²) in [7, 11) is 0. The zero-order valence-corrected chi connectivity index (χ0v) is 9.90. The summed E-state index contributed by atoms with van der Waals surface area (Å²) >= 11 is 3.32. The molecule has 3 nitrogen and oxygen atoms in total. The highest BCUT2D eigenvalue weighted by Crippen LogP contribution is 2.35. The van der Waals surface area contributed by atoms with Crippen molar-refractivity contribution in [2.24, 2.45) is 0 Å². The second kappa shape index (κ2) is 4.06. The summed E-state index contributed by atoms with van der Waals surface area (Å²) in [6.45, 7) is 3.61. The third-order valence-corrected chi connectivity index (χ3v) is 3.05. The third-order valence-electron chi connectivity index (χ3n) is 2.40. The average Bonchev–Trinajstić information content (AvgIpc) is 2.26. The SMILES string of the molecule is C=Cc1c(Br)cc2ccccc2c1[N+](=O)[O-]. The molecule has 0 bridgehead atoms. The van der Waals surface area contributed by atoms with Crippen LogP contribution in [0.3, 0.4) is 0 Å². The van der Waals surface area contributed by atoms with Crippen LogP contribution in [0.2, 0.25) is 0 Å². The van der Waals surface area contributed by atoms with Gasteiger partial charge in [-0.25, -0.2) is 0 Å². The molecule has 0 aliphatic heterocycles. The van der Waals surface area contributed by atoms with E-state index in [1.807, 2.05) is 18.2 Å². The van der Waals surface area contributed by atoms with Gasteiger partial charge in [0, 0.05) is 4.47 Å². The molecule has 4 heteroatoms. The predicted octanol–water partition coefficient (Wildman–Crippen LogP) is 4.15. The van der Waals surface area contributed by atoms with Crippen LogP contribution in [0, 0.1) is 10.1 Å². The highest BCUT2D eigenvalue weighted by atomic mass is 79.9. The molecule has 0 aliphatic rings. The second-order valence-electron chi connectivity index (χ2n) is 3.30. The van der Waals surface area contributed by atoms with Crippen LogP contribution in [0.5, 0.6) is 0 Å². The van der Waals surface area contributed by atoms with Crippen LogP contribution in [0.25, 0.3) is 16.8 Å². The lowest BCUT2D eigenvalue weighted by Crippen LogP contribution is -1.94. The zero-order chi connectivity index (χ0) is 11.7. The normalized spacial score (nSPS) is 10.3. The Hall–Kier alpha value is -1.68. The van der Waals surface area contributed by atoms with Gasteiger partial charge in [0.15, 0.2) is 0 Å². The van der Waals surface area contributed by atoms with Crippen LogP contribution in [0.15, 0.2) is 41.4 Å². The van der Waals surface area contributed by atoms with Crippen LogP contribution < -0.4 is 0 Å². The lowest BCUT2D eigenvalue weighted by Gasteiger charge is -2.05. The number of halogens is 1. The molecule has 2 aromatic rings. The van der Waals surface area contributed by atoms with Gasteiger partial charge in [0.2, 0.25) is 0 Å². The van der Waals surface area contributed by atoms with Crippen LogP contribution in [-0.2, 0) is 0 Å². The van der Waals surface area contributed by atoms with Crippen LogP contribution in [-0.4, -0.2) is 4.92 Å². The van der Waals surface area contributed by atoms with Crippen LogP contribution in [0.1, 0.15) is 5.56 Å². The van der Waals surface area contributed by atoms with Gasteiger partial charge >= 0.3 is 0 Å². The lowest BCUT2D eigenvalue weighted by atomic mass is 10.0. The first-order valence-electron chi connectivity index (χ1n) is 4.63. The van der Waals surface area contributed by atoms with Crippen molar-refractivity contribution in [3.05, 3.63) is 57.1 Å². The molecular formula is C12H8BrNO2. The number of fused-ring (bicyclic) bond motifs is 1. The number of rotatable bonds is 2. The van der Waals surface area contributed by atoms with Gasteiger partial charge < -0.3 is 0 Å². The van der Waals surface area contributed by atoms with E-state index in [1.54, 1.807) is 12.1 Å². The quantitative estimate of drug-likeness (QED) is 0.611. The molecule has 0 heterocycles. The van der Waals surface area contributed by atoms with Gasteiger partial charge in [0.05, 0.1) is 15.9 Å². The summed E-state index contributed by atoms with van der Waals surface area (Å²) in [5, 5.41) is 12.6. The van der Waals surface area contributed by atoms with E-state index in [0.29, 0.717) is 15.4 Å². The van der Waals surface area contributed by atoms with Crippen molar-refractivity contribution in [1.82, 2.24) is 0 Å². The molecule has 0 amide bonds. The topological polar surface area (TPSA) is 43.1 Å². The third kappa shape index (κ3) is 1.61. The van der Waals surface area contributed by atoms with E-state index < -0.39 is 0 Å². The monoisotopic (exact) mass is 277 g/mol. The fourth-order valence-electron chi connectivity index (χ4n) is 1.70. The van der Waals surface area contributed by atoms with Gasteiger partial charge in [-0.15, -0.1) is 0 Å².